The Kier molecular flexibility index (Phi) is 5.94. The van der Waals surface area contributed by atoms with Gasteiger partial charge >= 0.3 is 5.97 Å². The van der Waals surface area contributed by atoms with Crippen molar-refractivity contribution in [2.75, 3.05) is 26.8 Å². The van der Waals surface area contributed by atoms with Gasteiger partial charge in [-0.25, -0.2) is 4.79 Å². The van der Waals surface area contributed by atoms with Gasteiger partial charge in [-0.1, -0.05) is 13.8 Å². The molecule has 19 heavy (non-hydrogen) atoms. The number of allylic oxidation sites excluding steroid dienone is 2. The van der Waals surface area contributed by atoms with E-state index in [0.717, 1.165) is 13.0 Å². The molecule has 1 heterocycles. The molecule has 0 bridgehead atoms. The van der Waals surface area contributed by atoms with Crippen LogP contribution in [0.4, 0.5) is 0 Å². The van der Waals surface area contributed by atoms with Crippen molar-refractivity contribution in [3.05, 3.63) is 23.6 Å². The molecule has 0 saturated carbocycles. The minimum Gasteiger partial charge on any atom is -0.477 e. The van der Waals surface area contributed by atoms with Crippen molar-refractivity contribution in [1.29, 1.82) is 5.26 Å². The van der Waals surface area contributed by atoms with Gasteiger partial charge in [0.05, 0.1) is 13.2 Å². The topological polar surface area (TPSA) is 62.6 Å². The van der Waals surface area contributed by atoms with Crippen molar-refractivity contribution in [3.63, 3.8) is 0 Å². The van der Waals surface area contributed by atoms with Crippen molar-refractivity contribution < 1.29 is 14.3 Å². The second kappa shape index (κ2) is 7.47. The molecule has 1 aliphatic rings. The highest BCUT2D eigenvalue weighted by Crippen LogP contribution is 2.11. The van der Waals surface area contributed by atoms with Crippen LogP contribution in [-0.2, 0) is 14.3 Å². The van der Waals surface area contributed by atoms with Gasteiger partial charge in [0.15, 0.2) is 5.88 Å². The van der Waals surface area contributed by atoms with Crippen LogP contribution in [0.5, 0.6) is 0 Å². The van der Waals surface area contributed by atoms with Crippen LogP contribution in [-0.4, -0.2) is 37.7 Å². The minimum absolute atomic E-state index is 0.0137. The zero-order valence-electron chi connectivity index (χ0n) is 11.7. The van der Waals surface area contributed by atoms with Crippen molar-refractivity contribution in [3.8, 4) is 6.07 Å². The number of carbonyl (C=O) groups is 1. The summed E-state index contributed by atoms with van der Waals surface area (Å²) in [6.07, 6.45) is 3.85. The minimum atomic E-state index is -0.583. The second-order valence-electron chi connectivity index (χ2n) is 4.79. The van der Waals surface area contributed by atoms with E-state index < -0.39 is 5.97 Å². The molecule has 104 valence electrons. The Morgan fingerprint density at radius 2 is 2.37 bits per heavy atom. The Bertz CT molecular complexity index is 419. The number of rotatable bonds is 5. The van der Waals surface area contributed by atoms with E-state index in [2.05, 4.69) is 0 Å². The molecule has 0 unspecified atom stereocenters. The van der Waals surface area contributed by atoms with Gasteiger partial charge in [0.25, 0.3) is 0 Å². The Morgan fingerprint density at radius 3 is 2.89 bits per heavy atom. The van der Waals surface area contributed by atoms with Crippen LogP contribution >= 0.6 is 0 Å². The van der Waals surface area contributed by atoms with Gasteiger partial charge in [0.2, 0.25) is 0 Å². The fraction of sp³-hybridized carbons (Fsp3) is 0.571. The lowest BCUT2D eigenvalue weighted by Crippen LogP contribution is -2.11. The first-order valence-electron chi connectivity index (χ1n) is 6.37. The summed E-state index contributed by atoms with van der Waals surface area (Å²) in [5.41, 5.74) is -0.0137. The van der Waals surface area contributed by atoms with Crippen LogP contribution in [0.1, 0.15) is 20.3 Å². The maximum atomic E-state index is 11.6. The third-order valence-corrected chi connectivity index (χ3v) is 2.71. The number of ether oxygens (including phenoxy) is 2. The molecule has 0 N–H and O–H groups in total. The van der Waals surface area contributed by atoms with Crippen LogP contribution < -0.4 is 0 Å². The summed E-state index contributed by atoms with van der Waals surface area (Å²) in [7, 11) is 1.89. The van der Waals surface area contributed by atoms with E-state index in [1.54, 1.807) is 6.08 Å². The molecule has 1 rings (SSSR count). The molecule has 0 aromatic rings. The zero-order valence-corrected chi connectivity index (χ0v) is 11.7. The van der Waals surface area contributed by atoms with E-state index >= 15 is 0 Å². The predicted molar refractivity (Wildman–Crippen MR) is 70.8 cm³/mol. The van der Waals surface area contributed by atoms with Gasteiger partial charge in [0, 0.05) is 7.05 Å². The normalized spacial score (nSPS) is 17.5. The van der Waals surface area contributed by atoms with E-state index in [4.69, 9.17) is 14.7 Å². The number of hydrogen-bond donors (Lipinski definition) is 0. The van der Waals surface area contributed by atoms with Crippen molar-refractivity contribution in [1.82, 2.24) is 4.90 Å². The molecule has 5 heteroatoms. The van der Waals surface area contributed by atoms with Gasteiger partial charge in [-0.05, 0) is 24.5 Å². The van der Waals surface area contributed by atoms with Crippen LogP contribution in [0.15, 0.2) is 23.6 Å². The Labute approximate surface area is 114 Å². The lowest BCUT2D eigenvalue weighted by molar-refractivity contribution is -0.138. The average molecular weight is 264 g/mol. The highest BCUT2D eigenvalue weighted by Gasteiger charge is 2.14. The first kappa shape index (κ1) is 15.1. The third kappa shape index (κ3) is 5.04. The van der Waals surface area contributed by atoms with Crippen LogP contribution in [0.3, 0.4) is 0 Å². The smallest absolute Gasteiger partial charge is 0.348 e. The predicted octanol–water partition coefficient (Wildman–Crippen LogP) is 1.83. The van der Waals surface area contributed by atoms with Crippen molar-refractivity contribution in [2.24, 2.45) is 5.92 Å². The summed E-state index contributed by atoms with van der Waals surface area (Å²) >= 11 is 0. The first-order chi connectivity index (χ1) is 9.04. The summed E-state index contributed by atoms with van der Waals surface area (Å²) in [5, 5.41) is 8.94. The number of nitrogens with zero attached hydrogens (tertiary/aromatic N) is 2. The second-order valence-corrected chi connectivity index (χ2v) is 4.79. The fourth-order valence-electron chi connectivity index (χ4n) is 1.45. The number of likely N-dealkylation sites (N-methyl/N-ethyl adjacent to an activating group) is 1. The van der Waals surface area contributed by atoms with Crippen molar-refractivity contribution in [2.45, 2.75) is 20.3 Å². The fourth-order valence-corrected chi connectivity index (χ4v) is 1.45. The van der Waals surface area contributed by atoms with E-state index in [-0.39, 0.29) is 5.57 Å². The molecule has 0 spiro atoms. The van der Waals surface area contributed by atoms with E-state index in [1.807, 2.05) is 31.9 Å². The molecule has 0 aromatic heterocycles. The van der Waals surface area contributed by atoms with Gasteiger partial charge < -0.3 is 14.4 Å². The number of esters is 1. The molecular formula is C14H20N2O3. The molecule has 5 nitrogen and oxygen atoms in total. The van der Waals surface area contributed by atoms with Gasteiger partial charge in [-0.3, -0.25) is 0 Å². The monoisotopic (exact) mass is 264 g/mol. The largest absolute Gasteiger partial charge is 0.477 e. The van der Waals surface area contributed by atoms with E-state index in [0.29, 0.717) is 25.0 Å². The highest BCUT2D eigenvalue weighted by atomic mass is 16.5. The summed E-state index contributed by atoms with van der Waals surface area (Å²) in [6.45, 7) is 5.86. The number of carbonyl (C=O) groups excluding carboxylic acids is 1. The summed E-state index contributed by atoms with van der Waals surface area (Å²) in [5.74, 6) is 0.536. The van der Waals surface area contributed by atoms with E-state index in [1.165, 1.54) is 6.08 Å². The van der Waals surface area contributed by atoms with Crippen molar-refractivity contribution >= 4 is 5.97 Å². The maximum absolute atomic E-state index is 11.6. The van der Waals surface area contributed by atoms with Crippen LogP contribution in [0.25, 0.3) is 0 Å². The van der Waals surface area contributed by atoms with Gasteiger partial charge in [0.1, 0.15) is 18.2 Å². The lowest BCUT2D eigenvalue weighted by atomic mass is 10.1. The summed E-state index contributed by atoms with van der Waals surface area (Å²) < 4.78 is 10.4. The molecule has 0 radical (unpaired) electrons. The molecule has 0 atom stereocenters. The zero-order chi connectivity index (χ0) is 14.3. The molecule has 1 saturated heterocycles. The Morgan fingerprint density at radius 1 is 1.63 bits per heavy atom. The Balaban J connectivity index is 2.57. The summed E-state index contributed by atoms with van der Waals surface area (Å²) in [6, 6.07) is 1.85. The first-order valence-corrected chi connectivity index (χ1v) is 6.37. The average Bonchev–Trinajstić information content (AvgIpc) is 2.75. The lowest BCUT2D eigenvalue weighted by Gasteiger charge is -2.08. The number of nitriles is 1. The van der Waals surface area contributed by atoms with Gasteiger partial charge in [-0.15, -0.1) is 0 Å². The molecule has 1 fully saturated rings. The van der Waals surface area contributed by atoms with Crippen LogP contribution in [0, 0.1) is 17.2 Å². The van der Waals surface area contributed by atoms with Gasteiger partial charge in [-0.2, -0.15) is 5.26 Å². The quantitative estimate of drug-likeness (QED) is 0.430. The standard InChI is InChI=1S/C14H20N2O3/c1-11(2)6-8-19-14(17)12(10-15)4-5-13-16(3)7-9-18-13/h4-5,11H,6-9H2,1-3H3/b12-4-,13-5-. The summed E-state index contributed by atoms with van der Waals surface area (Å²) in [4.78, 5) is 13.6. The maximum Gasteiger partial charge on any atom is 0.348 e. The third-order valence-electron chi connectivity index (χ3n) is 2.71. The SMILES string of the molecule is CC(C)CCOC(=O)/C(C#N)=C\C=C1/OCCN1C. The number of hydrogen-bond acceptors (Lipinski definition) is 5. The molecule has 0 amide bonds. The molecular weight excluding hydrogens is 244 g/mol. The Hall–Kier alpha value is -1.96. The molecule has 0 aliphatic carbocycles. The highest BCUT2D eigenvalue weighted by molar-refractivity contribution is 5.93. The van der Waals surface area contributed by atoms with E-state index in [9.17, 15) is 4.79 Å². The molecule has 1 aliphatic heterocycles. The van der Waals surface area contributed by atoms with Crippen LogP contribution in [0.2, 0.25) is 0 Å². The molecule has 0 aromatic carbocycles.